The van der Waals surface area contributed by atoms with Crippen molar-refractivity contribution >= 4 is 11.7 Å². The summed E-state index contributed by atoms with van der Waals surface area (Å²) in [7, 11) is 1.27. The average Bonchev–Trinajstić information content (AvgIpc) is 2.49. The number of carbonyl (C=O) groups is 1. The van der Waals surface area contributed by atoms with Crippen LogP contribution in [0.25, 0.3) is 0 Å². The Morgan fingerprint density at radius 2 is 2.14 bits per heavy atom. The second-order valence-electron chi connectivity index (χ2n) is 4.67. The molecule has 0 amide bonds. The molecule has 0 saturated heterocycles. The van der Waals surface area contributed by atoms with E-state index in [2.05, 4.69) is 13.2 Å². The van der Waals surface area contributed by atoms with E-state index >= 15 is 0 Å². The first kappa shape index (κ1) is 16.6. The third-order valence-corrected chi connectivity index (χ3v) is 3.19. The van der Waals surface area contributed by atoms with Crippen molar-refractivity contribution < 1.29 is 14.5 Å². The van der Waals surface area contributed by atoms with Gasteiger partial charge in [0.25, 0.3) is 5.69 Å². The summed E-state index contributed by atoms with van der Waals surface area (Å²) in [6.07, 6.45) is 3.54. The van der Waals surface area contributed by atoms with Crippen LogP contribution in [0, 0.1) is 10.1 Å². The molecule has 1 unspecified atom stereocenters. The number of nitro benzene ring substituents is 1. The van der Waals surface area contributed by atoms with Crippen LogP contribution < -0.4 is 0 Å². The highest BCUT2D eigenvalue weighted by Gasteiger charge is 2.28. The lowest BCUT2D eigenvalue weighted by Gasteiger charge is -2.16. The molecule has 21 heavy (non-hydrogen) atoms. The van der Waals surface area contributed by atoms with Gasteiger partial charge in [0, 0.05) is 11.6 Å². The summed E-state index contributed by atoms with van der Waals surface area (Å²) in [5.74, 6) is -1.21. The van der Waals surface area contributed by atoms with Gasteiger partial charge in [-0.15, -0.1) is 6.58 Å². The van der Waals surface area contributed by atoms with Crippen LogP contribution in [0.5, 0.6) is 0 Å². The van der Waals surface area contributed by atoms with Gasteiger partial charge >= 0.3 is 5.97 Å². The molecule has 1 aromatic rings. The predicted octanol–water partition coefficient (Wildman–Crippen LogP) is 3.76. The van der Waals surface area contributed by atoms with Crippen molar-refractivity contribution in [2.24, 2.45) is 0 Å². The number of esters is 1. The first-order valence-corrected chi connectivity index (χ1v) is 6.60. The summed E-state index contributed by atoms with van der Waals surface area (Å²) in [4.78, 5) is 22.6. The largest absolute Gasteiger partial charge is 0.469 e. The Morgan fingerprint density at radius 1 is 1.48 bits per heavy atom. The van der Waals surface area contributed by atoms with Gasteiger partial charge in [0.15, 0.2) is 0 Å². The molecule has 0 bridgehead atoms. The highest BCUT2D eigenvalue weighted by molar-refractivity contribution is 5.80. The average molecular weight is 289 g/mol. The zero-order chi connectivity index (χ0) is 15.8. The molecule has 0 saturated carbocycles. The third kappa shape index (κ3) is 4.56. The van der Waals surface area contributed by atoms with Gasteiger partial charge in [0.05, 0.1) is 18.0 Å². The number of carbonyl (C=O) groups excluding carboxylic acids is 1. The standard InChI is InChI=1S/C16H19NO4/c1-4-5-8-12(2)11-14(16(18)21-3)13-9-6-7-10-15(13)17(19)20/h4,6-7,9-10,14H,1-2,5,8,11H2,3H3. The minimum Gasteiger partial charge on any atom is -0.469 e. The van der Waals surface area contributed by atoms with E-state index in [4.69, 9.17) is 4.74 Å². The lowest BCUT2D eigenvalue weighted by Crippen LogP contribution is -2.16. The molecule has 5 nitrogen and oxygen atoms in total. The van der Waals surface area contributed by atoms with Crippen LogP contribution in [0.4, 0.5) is 5.69 Å². The smallest absolute Gasteiger partial charge is 0.313 e. The number of allylic oxidation sites excluding steroid dienone is 2. The van der Waals surface area contributed by atoms with Crippen LogP contribution >= 0.6 is 0 Å². The second kappa shape index (κ2) is 7.99. The highest BCUT2D eigenvalue weighted by atomic mass is 16.6. The maximum atomic E-state index is 12.0. The normalized spacial score (nSPS) is 11.5. The first-order chi connectivity index (χ1) is 10.0. The summed E-state index contributed by atoms with van der Waals surface area (Å²) >= 11 is 0. The SMILES string of the molecule is C=CCCC(=C)CC(C(=O)OC)c1ccccc1[N+](=O)[O-]. The first-order valence-electron chi connectivity index (χ1n) is 6.60. The van der Waals surface area contributed by atoms with E-state index in [1.165, 1.54) is 13.2 Å². The number of nitrogens with zero attached hydrogens (tertiary/aromatic N) is 1. The molecule has 0 fully saturated rings. The molecular formula is C16H19NO4. The number of hydrogen-bond acceptors (Lipinski definition) is 4. The molecule has 1 aromatic carbocycles. The van der Waals surface area contributed by atoms with Crippen LogP contribution in [-0.4, -0.2) is 18.0 Å². The number of nitro groups is 1. The van der Waals surface area contributed by atoms with Gasteiger partial charge in [0.1, 0.15) is 0 Å². The van der Waals surface area contributed by atoms with Gasteiger partial charge in [0.2, 0.25) is 0 Å². The van der Waals surface area contributed by atoms with Crippen molar-refractivity contribution in [3.05, 3.63) is 64.8 Å². The van der Waals surface area contributed by atoms with Crippen molar-refractivity contribution in [2.75, 3.05) is 7.11 Å². The number of benzene rings is 1. The second-order valence-corrected chi connectivity index (χ2v) is 4.67. The fourth-order valence-corrected chi connectivity index (χ4v) is 2.11. The van der Waals surface area contributed by atoms with Gasteiger partial charge in [-0.1, -0.05) is 36.4 Å². The van der Waals surface area contributed by atoms with Crippen LogP contribution in [0.3, 0.4) is 0 Å². The zero-order valence-electron chi connectivity index (χ0n) is 12.1. The van der Waals surface area contributed by atoms with Crippen LogP contribution in [0.1, 0.15) is 30.7 Å². The predicted molar refractivity (Wildman–Crippen MR) is 81.0 cm³/mol. The lowest BCUT2D eigenvalue weighted by atomic mass is 9.90. The number of rotatable bonds is 8. The number of para-hydroxylation sites is 1. The molecule has 0 aliphatic heterocycles. The van der Waals surface area contributed by atoms with Crippen molar-refractivity contribution in [3.63, 3.8) is 0 Å². The minimum atomic E-state index is -0.714. The Bertz CT molecular complexity index is 551. The zero-order valence-corrected chi connectivity index (χ0v) is 12.1. The Morgan fingerprint density at radius 3 is 2.71 bits per heavy atom. The van der Waals surface area contributed by atoms with Crippen LogP contribution in [-0.2, 0) is 9.53 Å². The summed E-state index contributed by atoms with van der Waals surface area (Å²) in [6.45, 7) is 7.56. The summed E-state index contributed by atoms with van der Waals surface area (Å²) in [6, 6.07) is 6.21. The van der Waals surface area contributed by atoms with Gasteiger partial charge < -0.3 is 4.74 Å². The fourth-order valence-electron chi connectivity index (χ4n) is 2.11. The molecule has 112 valence electrons. The maximum Gasteiger partial charge on any atom is 0.313 e. The molecule has 0 heterocycles. The quantitative estimate of drug-likeness (QED) is 0.316. The summed E-state index contributed by atoms with van der Waals surface area (Å²) in [5.41, 5.74) is 1.11. The molecule has 0 spiro atoms. The molecule has 1 atom stereocenters. The molecule has 1 rings (SSSR count). The monoisotopic (exact) mass is 289 g/mol. The van der Waals surface area contributed by atoms with E-state index in [-0.39, 0.29) is 5.69 Å². The molecule has 0 aliphatic rings. The van der Waals surface area contributed by atoms with Crippen molar-refractivity contribution in [1.82, 2.24) is 0 Å². The van der Waals surface area contributed by atoms with E-state index in [0.29, 0.717) is 18.4 Å². The number of ether oxygens (including phenoxy) is 1. The molecular weight excluding hydrogens is 270 g/mol. The third-order valence-electron chi connectivity index (χ3n) is 3.19. The molecule has 0 aliphatic carbocycles. The van der Waals surface area contributed by atoms with Gasteiger partial charge in [-0.3, -0.25) is 14.9 Å². The van der Waals surface area contributed by atoms with E-state index in [9.17, 15) is 14.9 Å². The van der Waals surface area contributed by atoms with Crippen LogP contribution in [0.2, 0.25) is 0 Å². The Kier molecular flexibility index (Phi) is 6.33. The molecule has 5 heteroatoms. The number of hydrogen-bond donors (Lipinski definition) is 0. The van der Waals surface area contributed by atoms with Gasteiger partial charge in [-0.2, -0.15) is 0 Å². The van der Waals surface area contributed by atoms with E-state index in [1.807, 2.05) is 0 Å². The Labute approximate surface area is 124 Å². The summed E-state index contributed by atoms with van der Waals surface area (Å²) < 4.78 is 4.78. The molecule has 0 radical (unpaired) electrons. The van der Waals surface area contributed by atoms with Gasteiger partial charge in [-0.25, -0.2) is 0 Å². The van der Waals surface area contributed by atoms with Crippen molar-refractivity contribution in [3.8, 4) is 0 Å². The Hall–Kier alpha value is -2.43. The highest BCUT2D eigenvalue weighted by Crippen LogP contribution is 2.32. The van der Waals surface area contributed by atoms with Gasteiger partial charge in [-0.05, 0) is 19.3 Å². The maximum absolute atomic E-state index is 12.0. The molecule has 0 N–H and O–H groups in total. The van der Waals surface area contributed by atoms with E-state index in [0.717, 1.165) is 12.0 Å². The van der Waals surface area contributed by atoms with E-state index in [1.54, 1.807) is 24.3 Å². The lowest BCUT2D eigenvalue weighted by molar-refractivity contribution is -0.385. The topological polar surface area (TPSA) is 69.4 Å². The van der Waals surface area contributed by atoms with Crippen molar-refractivity contribution in [1.29, 1.82) is 0 Å². The summed E-state index contributed by atoms with van der Waals surface area (Å²) in [5, 5.41) is 11.1. The molecule has 0 aromatic heterocycles. The fraction of sp³-hybridized carbons (Fsp3) is 0.312. The van der Waals surface area contributed by atoms with Crippen molar-refractivity contribution in [2.45, 2.75) is 25.2 Å². The number of methoxy groups -OCH3 is 1. The Balaban J connectivity index is 3.09. The van der Waals surface area contributed by atoms with Crippen LogP contribution in [0.15, 0.2) is 49.1 Å². The van der Waals surface area contributed by atoms with E-state index < -0.39 is 16.8 Å². The minimum absolute atomic E-state index is 0.0792.